The first kappa shape index (κ1) is 23.3. The van der Waals surface area contributed by atoms with Crippen LogP contribution in [-0.2, 0) is 0 Å². The molecule has 0 aliphatic rings. The minimum absolute atomic E-state index is 1.23. The second kappa shape index (κ2) is 9.03. The maximum Gasteiger partial charge on any atom is -0.0171 e. The molecule has 42 heavy (non-hydrogen) atoms. The van der Waals surface area contributed by atoms with Gasteiger partial charge in [0.05, 0.1) is 0 Å². The van der Waals surface area contributed by atoms with E-state index in [4.69, 9.17) is 0 Å². The molecular weight excluding hydrogens is 504 g/mol. The third-order valence-corrected chi connectivity index (χ3v) is 8.87. The van der Waals surface area contributed by atoms with Crippen LogP contribution >= 0.6 is 0 Å². The first-order valence-corrected chi connectivity index (χ1v) is 14.6. The van der Waals surface area contributed by atoms with Gasteiger partial charge >= 0.3 is 0 Å². The molecule has 0 unspecified atom stereocenters. The van der Waals surface area contributed by atoms with Gasteiger partial charge in [-0.2, -0.15) is 0 Å². The number of fused-ring (bicyclic) bond motifs is 6. The SMILES string of the molecule is c1ccc2cc3cc4cc(-c5ccc(-c6ccc7cc8cc9ccccc9cc8cc7c6)cc5)ccc4cc3cc2c1. The van der Waals surface area contributed by atoms with Crippen LogP contribution in [0.25, 0.3) is 86.9 Å². The van der Waals surface area contributed by atoms with Crippen molar-refractivity contribution in [3.63, 3.8) is 0 Å². The molecule has 0 amide bonds. The molecule has 0 aliphatic carbocycles. The van der Waals surface area contributed by atoms with Crippen LogP contribution in [0.3, 0.4) is 0 Å². The van der Waals surface area contributed by atoms with Crippen LogP contribution in [0.4, 0.5) is 0 Å². The van der Waals surface area contributed by atoms with Gasteiger partial charge in [0.2, 0.25) is 0 Å². The minimum atomic E-state index is 1.23. The second-order valence-corrected chi connectivity index (χ2v) is 11.5. The van der Waals surface area contributed by atoms with Crippen LogP contribution in [0.5, 0.6) is 0 Å². The Balaban J connectivity index is 1.07. The normalized spacial score (nSPS) is 11.8. The lowest BCUT2D eigenvalue weighted by molar-refractivity contribution is 1.62. The maximum absolute atomic E-state index is 2.33. The number of hydrogen-bond acceptors (Lipinski definition) is 0. The van der Waals surface area contributed by atoms with Gasteiger partial charge in [-0.3, -0.25) is 0 Å². The molecule has 0 spiro atoms. The summed E-state index contributed by atoms with van der Waals surface area (Å²) in [6.45, 7) is 0. The highest BCUT2D eigenvalue weighted by Gasteiger charge is 2.07. The van der Waals surface area contributed by atoms with Gasteiger partial charge in [-0.1, -0.05) is 97.1 Å². The zero-order chi connectivity index (χ0) is 27.6. The fourth-order valence-corrected chi connectivity index (χ4v) is 6.60. The summed E-state index contributed by atoms with van der Waals surface area (Å²) in [5.74, 6) is 0. The van der Waals surface area contributed by atoms with Gasteiger partial charge in [0.15, 0.2) is 0 Å². The molecule has 0 fully saturated rings. The standard InChI is InChI=1S/C42H26/c1-3-7-31-19-41-25-37-21-33(13-15-35(37)23-39(41)17-29(31)5-1)27-9-11-28(12-10-27)34-14-16-36-24-40-18-30-6-2-4-8-32(30)20-42(40)26-38(36)22-34/h1-26H. The summed E-state index contributed by atoms with van der Waals surface area (Å²) >= 11 is 0. The fourth-order valence-electron chi connectivity index (χ4n) is 6.60. The van der Waals surface area contributed by atoms with Crippen LogP contribution in [-0.4, -0.2) is 0 Å². The molecule has 9 aromatic carbocycles. The Labute approximate surface area is 244 Å². The van der Waals surface area contributed by atoms with Crippen molar-refractivity contribution in [1.82, 2.24) is 0 Å². The highest BCUT2D eigenvalue weighted by atomic mass is 14.1. The number of rotatable bonds is 2. The van der Waals surface area contributed by atoms with Crippen LogP contribution in [0.2, 0.25) is 0 Å². The second-order valence-electron chi connectivity index (χ2n) is 11.5. The van der Waals surface area contributed by atoms with E-state index in [1.54, 1.807) is 0 Å². The van der Waals surface area contributed by atoms with E-state index in [1.807, 2.05) is 0 Å². The van der Waals surface area contributed by atoms with Gasteiger partial charge in [0.25, 0.3) is 0 Å². The number of hydrogen-bond donors (Lipinski definition) is 0. The molecule has 0 heteroatoms. The monoisotopic (exact) mass is 530 g/mol. The molecule has 194 valence electrons. The van der Waals surface area contributed by atoms with Crippen molar-refractivity contribution >= 4 is 64.6 Å². The van der Waals surface area contributed by atoms with Crippen molar-refractivity contribution < 1.29 is 0 Å². The van der Waals surface area contributed by atoms with E-state index in [-0.39, 0.29) is 0 Å². The van der Waals surface area contributed by atoms with E-state index in [0.717, 1.165) is 0 Å². The van der Waals surface area contributed by atoms with Crippen LogP contribution < -0.4 is 0 Å². The lowest BCUT2D eigenvalue weighted by Gasteiger charge is -2.10. The third-order valence-electron chi connectivity index (χ3n) is 8.87. The predicted molar refractivity (Wildman–Crippen MR) is 182 cm³/mol. The molecular formula is C42H26. The van der Waals surface area contributed by atoms with Crippen LogP contribution in [0, 0.1) is 0 Å². The maximum atomic E-state index is 2.33. The molecule has 0 aromatic heterocycles. The topological polar surface area (TPSA) is 0 Å². The van der Waals surface area contributed by atoms with E-state index < -0.39 is 0 Å². The average molecular weight is 531 g/mol. The Morgan fingerprint density at radius 2 is 0.405 bits per heavy atom. The molecule has 0 saturated carbocycles. The molecule has 0 bridgehead atoms. The molecule has 0 saturated heterocycles. The van der Waals surface area contributed by atoms with Gasteiger partial charge in [-0.15, -0.1) is 0 Å². The van der Waals surface area contributed by atoms with Gasteiger partial charge in [-0.05, 0) is 148 Å². The predicted octanol–water partition coefficient (Wildman–Crippen LogP) is 11.9. The Hall–Kier alpha value is -5.46. The fraction of sp³-hybridized carbons (Fsp3) is 0. The van der Waals surface area contributed by atoms with Gasteiger partial charge in [0, 0.05) is 0 Å². The third kappa shape index (κ3) is 3.84. The lowest BCUT2D eigenvalue weighted by atomic mass is 9.95. The zero-order valence-electron chi connectivity index (χ0n) is 23.0. The van der Waals surface area contributed by atoms with Crippen molar-refractivity contribution in [2.24, 2.45) is 0 Å². The molecule has 0 aliphatic heterocycles. The van der Waals surface area contributed by atoms with E-state index in [0.29, 0.717) is 0 Å². The van der Waals surface area contributed by atoms with Crippen molar-refractivity contribution in [3.05, 3.63) is 158 Å². The van der Waals surface area contributed by atoms with Crippen molar-refractivity contribution in [2.45, 2.75) is 0 Å². The summed E-state index contributed by atoms with van der Waals surface area (Å²) in [5, 5.41) is 15.4. The van der Waals surface area contributed by atoms with Crippen LogP contribution in [0.15, 0.2) is 158 Å². The summed E-state index contributed by atoms with van der Waals surface area (Å²) in [7, 11) is 0. The smallest absolute Gasteiger partial charge is 0.0171 e. The van der Waals surface area contributed by atoms with Crippen LogP contribution in [0.1, 0.15) is 0 Å². The Morgan fingerprint density at radius 1 is 0.167 bits per heavy atom. The first-order valence-electron chi connectivity index (χ1n) is 14.6. The van der Waals surface area contributed by atoms with Crippen molar-refractivity contribution in [1.29, 1.82) is 0 Å². The summed E-state index contributed by atoms with van der Waals surface area (Å²) in [6.07, 6.45) is 0. The minimum Gasteiger partial charge on any atom is -0.0616 e. The van der Waals surface area contributed by atoms with Gasteiger partial charge in [0.1, 0.15) is 0 Å². The van der Waals surface area contributed by atoms with E-state index in [1.165, 1.54) is 86.9 Å². The molecule has 9 rings (SSSR count). The largest absolute Gasteiger partial charge is 0.0616 e. The Morgan fingerprint density at radius 3 is 0.738 bits per heavy atom. The summed E-state index contributed by atoms with van der Waals surface area (Å²) in [6, 6.07) is 58.3. The first-order chi connectivity index (χ1) is 20.7. The Bertz CT molecular complexity index is 2320. The molecule has 0 atom stereocenters. The molecule has 0 nitrogen and oxygen atoms in total. The highest BCUT2D eigenvalue weighted by Crippen LogP contribution is 2.33. The number of benzene rings is 9. The zero-order valence-corrected chi connectivity index (χ0v) is 23.0. The highest BCUT2D eigenvalue weighted by molar-refractivity contribution is 6.07. The summed E-state index contributed by atoms with van der Waals surface area (Å²) in [4.78, 5) is 0. The molecule has 0 N–H and O–H groups in total. The van der Waals surface area contributed by atoms with E-state index in [9.17, 15) is 0 Å². The summed E-state index contributed by atoms with van der Waals surface area (Å²) in [5.41, 5.74) is 4.95. The van der Waals surface area contributed by atoms with Gasteiger partial charge < -0.3 is 0 Å². The van der Waals surface area contributed by atoms with Crippen molar-refractivity contribution in [2.75, 3.05) is 0 Å². The Kier molecular flexibility index (Phi) is 5.00. The molecule has 9 aromatic rings. The molecule has 0 heterocycles. The van der Waals surface area contributed by atoms with Crippen molar-refractivity contribution in [3.8, 4) is 22.3 Å². The van der Waals surface area contributed by atoms with E-state index >= 15 is 0 Å². The van der Waals surface area contributed by atoms with E-state index in [2.05, 4.69) is 158 Å². The van der Waals surface area contributed by atoms with Gasteiger partial charge in [-0.25, -0.2) is 0 Å². The lowest BCUT2D eigenvalue weighted by Crippen LogP contribution is -1.84. The quantitative estimate of drug-likeness (QED) is 0.195. The summed E-state index contributed by atoms with van der Waals surface area (Å²) < 4.78 is 0. The average Bonchev–Trinajstić information content (AvgIpc) is 3.04. The molecule has 0 radical (unpaired) electrons.